The highest BCUT2D eigenvalue weighted by atomic mass is 16.5. The number of aryl methyl sites for hydroxylation is 2. The number of carboxylic acid groups (broad SMARTS) is 1. The van der Waals surface area contributed by atoms with Crippen molar-refractivity contribution in [3.05, 3.63) is 41.2 Å². The highest BCUT2D eigenvalue weighted by Crippen LogP contribution is 2.25. The minimum atomic E-state index is -1.09. The molecule has 1 aromatic carbocycles. The zero-order valence-corrected chi connectivity index (χ0v) is 11.6. The number of hydrogen-bond donors (Lipinski definition) is 3. The van der Waals surface area contributed by atoms with Crippen LogP contribution in [0.4, 0.5) is 5.69 Å². The highest BCUT2D eigenvalue weighted by Gasteiger charge is 2.17. The van der Waals surface area contributed by atoms with Crippen molar-refractivity contribution in [3.8, 4) is 5.75 Å². The number of carbonyl (C=O) groups excluding carboxylic acids is 1. The summed E-state index contributed by atoms with van der Waals surface area (Å²) >= 11 is 0. The molecule has 0 radical (unpaired) electrons. The number of nitrogens with zero attached hydrogens (tertiary/aromatic N) is 1. The fraction of sp³-hybridized carbons (Fsp3) is 0.214. The molecule has 21 heavy (non-hydrogen) atoms. The Morgan fingerprint density at radius 3 is 2.67 bits per heavy atom. The molecule has 1 amide bonds. The Labute approximate surface area is 120 Å². The van der Waals surface area contributed by atoms with Gasteiger partial charge in [-0.3, -0.25) is 9.89 Å². The van der Waals surface area contributed by atoms with Crippen molar-refractivity contribution in [2.75, 3.05) is 11.9 Å². The van der Waals surface area contributed by atoms with Gasteiger partial charge in [0.15, 0.2) is 6.61 Å². The van der Waals surface area contributed by atoms with Crippen LogP contribution in [-0.2, 0) is 4.79 Å². The maximum atomic E-state index is 12.3. The number of rotatable bonds is 5. The number of carbonyl (C=O) groups is 2. The summed E-state index contributed by atoms with van der Waals surface area (Å²) in [6, 6.07) is 6.65. The third-order valence-electron chi connectivity index (χ3n) is 2.84. The van der Waals surface area contributed by atoms with Crippen LogP contribution in [0.15, 0.2) is 24.3 Å². The molecule has 7 heteroatoms. The van der Waals surface area contributed by atoms with Crippen LogP contribution in [0.3, 0.4) is 0 Å². The first kappa shape index (κ1) is 14.6. The smallest absolute Gasteiger partial charge is 0.341 e. The molecule has 1 aromatic heterocycles. The summed E-state index contributed by atoms with van der Waals surface area (Å²) < 4.78 is 5.14. The zero-order chi connectivity index (χ0) is 15.4. The first-order valence-corrected chi connectivity index (χ1v) is 6.25. The summed E-state index contributed by atoms with van der Waals surface area (Å²) in [7, 11) is 0. The maximum absolute atomic E-state index is 12.3. The molecule has 1 heterocycles. The average molecular weight is 289 g/mol. The first-order valence-electron chi connectivity index (χ1n) is 6.25. The fourth-order valence-corrected chi connectivity index (χ4v) is 1.91. The number of aliphatic carboxylic acids is 1. The van der Waals surface area contributed by atoms with Crippen molar-refractivity contribution in [2.24, 2.45) is 0 Å². The van der Waals surface area contributed by atoms with Gasteiger partial charge in [0.25, 0.3) is 5.91 Å². The summed E-state index contributed by atoms with van der Waals surface area (Å²) in [4.78, 5) is 22.8. The van der Waals surface area contributed by atoms with E-state index in [-0.39, 0.29) is 5.91 Å². The molecule has 0 spiro atoms. The number of anilines is 1. The molecular formula is C14H15N3O4. The van der Waals surface area contributed by atoms with E-state index in [2.05, 4.69) is 15.5 Å². The van der Waals surface area contributed by atoms with E-state index in [1.165, 1.54) is 0 Å². The largest absolute Gasteiger partial charge is 0.480 e. The molecule has 7 nitrogen and oxygen atoms in total. The topological polar surface area (TPSA) is 104 Å². The lowest BCUT2D eigenvalue weighted by Crippen LogP contribution is -2.16. The molecular weight excluding hydrogens is 274 g/mol. The summed E-state index contributed by atoms with van der Waals surface area (Å²) in [6.07, 6.45) is 0. The molecule has 0 aliphatic carbocycles. The Hall–Kier alpha value is -2.83. The molecule has 0 atom stereocenters. The summed E-state index contributed by atoms with van der Waals surface area (Å²) in [5.74, 6) is -1.12. The van der Waals surface area contributed by atoms with E-state index in [0.717, 1.165) is 0 Å². The minimum absolute atomic E-state index is 0.298. The van der Waals surface area contributed by atoms with Gasteiger partial charge in [0.2, 0.25) is 0 Å². The Morgan fingerprint density at radius 1 is 1.33 bits per heavy atom. The molecule has 2 aromatic rings. The second-order valence-electron chi connectivity index (χ2n) is 4.44. The van der Waals surface area contributed by atoms with Crippen molar-refractivity contribution >= 4 is 17.6 Å². The molecule has 0 saturated carbocycles. The second-order valence-corrected chi connectivity index (χ2v) is 4.44. The molecule has 3 N–H and O–H groups in total. The molecule has 0 aliphatic heterocycles. The lowest BCUT2D eigenvalue weighted by atomic mass is 10.2. The van der Waals surface area contributed by atoms with Crippen LogP contribution < -0.4 is 10.1 Å². The van der Waals surface area contributed by atoms with Gasteiger partial charge in [0.05, 0.1) is 16.9 Å². The van der Waals surface area contributed by atoms with E-state index in [1.807, 2.05) is 0 Å². The van der Waals surface area contributed by atoms with Gasteiger partial charge in [-0.25, -0.2) is 4.79 Å². The first-order chi connectivity index (χ1) is 9.99. The van der Waals surface area contributed by atoms with Gasteiger partial charge in [0.1, 0.15) is 5.75 Å². The Kier molecular flexibility index (Phi) is 4.22. The SMILES string of the molecule is Cc1n[nH]c(C)c1C(=O)Nc1ccccc1OCC(=O)O. The van der Waals surface area contributed by atoms with Crippen molar-refractivity contribution in [1.82, 2.24) is 10.2 Å². The van der Waals surface area contributed by atoms with E-state index in [4.69, 9.17) is 9.84 Å². The molecule has 0 bridgehead atoms. The van der Waals surface area contributed by atoms with Crippen LogP contribution in [0.2, 0.25) is 0 Å². The highest BCUT2D eigenvalue weighted by molar-refractivity contribution is 6.06. The number of amides is 1. The van der Waals surface area contributed by atoms with Crippen LogP contribution in [0, 0.1) is 13.8 Å². The standard InChI is InChI=1S/C14H15N3O4/c1-8-13(9(2)17-16-8)14(20)15-10-5-3-4-6-11(10)21-7-12(18)19/h3-6H,7H2,1-2H3,(H,15,20)(H,16,17)(H,18,19). The van der Waals surface area contributed by atoms with E-state index in [0.29, 0.717) is 28.4 Å². The summed E-state index contributed by atoms with van der Waals surface area (Å²) in [5, 5.41) is 18.1. The van der Waals surface area contributed by atoms with E-state index >= 15 is 0 Å². The molecule has 0 unspecified atom stereocenters. The predicted molar refractivity (Wildman–Crippen MR) is 75.6 cm³/mol. The molecule has 0 fully saturated rings. The van der Waals surface area contributed by atoms with Gasteiger partial charge in [-0.1, -0.05) is 12.1 Å². The summed E-state index contributed by atoms with van der Waals surface area (Å²) in [6.45, 7) is 3.00. The Morgan fingerprint density at radius 2 is 2.05 bits per heavy atom. The molecule has 0 aliphatic rings. The third kappa shape index (κ3) is 3.38. The Balaban J connectivity index is 2.20. The average Bonchev–Trinajstić information content (AvgIpc) is 2.77. The fourth-order valence-electron chi connectivity index (χ4n) is 1.91. The monoisotopic (exact) mass is 289 g/mol. The minimum Gasteiger partial charge on any atom is -0.480 e. The lowest BCUT2D eigenvalue weighted by Gasteiger charge is -2.11. The van der Waals surface area contributed by atoms with Crippen molar-refractivity contribution in [3.63, 3.8) is 0 Å². The van der Waals surface area contributed by atoms with Gasteiger partial charge in [-0.05, 0) is 26.0 Å². The number of aromatic amines is 1. The van der Waals surface area contributed by atoms with Crippen LogP contribution in [0.1, 0.15) is 21.7 Å². The molecule has 0 saturated heterocycles. The van der Waals surface area contributed by atoms with Crippen LogP contribution in [-0.4, -0.2) is 33.8 Å². The summed E-state index contributed by atoms with van der Waals surface area (Å²) in [5.41, 5.74) is 2.12. The van der Waals surface area contributed by atoms with E-state index in [9.17, 15) is 9.59 Å². The van der Waals surface area contributed by atoms with Crippen molar-refractivity contribution in [1.29, 1.82) is 0 Å². The quantitative estimate of drug-likeness (QED) is 0.777. The number of H-pyrrole nitrogens is 1. The molecule has 110 valence electrons. The number of ether oxygens (including phenoxy) is 1. The van der Waals surface area contributed by atoms with Crippen molar-refractivity contribution < 1.29 is 19.4 Å². The number of aromatic nitrogens is 2. The molecule has 2 rings (SSSR count). The predicted octanol–water partition coefficient (Wildman–Crippen LogP) is 1.74. The van der Waals surface area contributed by atoms with Gasteiger partial charge in [-0.2, -0.15) is 5.10 Å². The lowest BCUT2D eigenvalue weighted by molar-refractivity contribution is -0.139. The number of para-hydroxylation sites is 2. The van der Waals surface area contributed by atoms with Crippen LogP contribution in [0.5, 0.6) is 5.75 Å². The van der Waals surface area contributed by atoms with Gasteiger partial charge < -0.3 is 15.2 Å². The van der Waals surface area contributed by atoms with Crippen LogP contribution >= 0.6 is 0 Å². The van der Waals surface area contributed by atoms with Crippen LogP contribution in [0.25, 0.3) is 0 Å². The normalized spacial score (nSPS) is 10.2. The van der Waals surface area contributed by atoms with Gasteiger partial charge >= 0.3 is 5.97 Å². The second kappa shape index (κ2) is 6.08. The number of hydrogen-bond acceptors (Lipinski definition) is 4. The number of benzene rings is 1. The van der Waals surface area contributed by atoms with Gasteiger partial charge in [0, 0.05) is 5.69 Å². The van der Waals surface area contributed by atoms with Crippen molar-refractivity contribution in [2.45, 2.75) is 13.8 Å². The Bertz CT molecular complexity index is 659. The third-order valence-corrected chi connectivity index (χ3v) is 2.84. The van der Waals surface area contributed by atoms with E-state index in [1.54, 1.807) is 38.1 Å². The number of carboxylic acids is 1. The number of nitrogens with one attached hydrogen (secondary N) is 2. The van der Waals surface area contributed by atoms with Gasteiger partial charge in [-0.15, -0.1) is 0 Å². The van der Waals surface area contributed by atoms with E-state index < -0.39 is 12.6 Å². The maximum Gasteiger partial charge on any atom is 0.341 e. The zero-order valence-electron chi connectivity index (χ0n) is 11.6.